The first-order chi connectivity index (χ1) is 5.55. The van der Waals surface area contributed by atoms with E-state index in [9.17, 15) is 0 Å². The molecule has 0 spiro atoms. The maximum Gasteiger partial charge on any atom is 0.0629 e. The van der Waals surface area contributed by atoms with Crippen LogP contribution in [0.4, 0.5) is 0 Å². The van der Waals surface area contributed by atoms with Crippen molar-refractivity contribution in [2.75, 3.05) is 6.61 Å². The van der Waals surface area contributed by atoms with Gasteiger partial charge in [0.2, 0.25) is 0 Å². The molecule has 2 unspecified atom stereocenters. The molecule has 1 aliphatic rings. The van der Waals surface area contributed by atoms with E-state index in [1.165, 1.54) is 0 Å². The molecule has 2 heteroatoms. The van der Waals surface area contributed by atoms with E-state index >= 15 is 0 Å². The predicted octanol–water partition coefficient (Wildman–Crippen LogP) is 1.93. The Kier molecular flexibility index (Phi) is 3.13. The van der Waals surface area contributed by atoms with Crippen LogP contribution in [-0.2, 0) is 4.74 Å². The second-order valence-electron chi connectivity index (χ2n) is 4.43. The van der Waals surface area contributed by atoms with Crippen LogP contribution >= 0.6 is 0 Å². The van der Waals surface area contributed by atoms with E-state index in [2.05, 4.69) is 20.8 Å². The van der Waals surface area contributed by atoms with E-state index in [0.29, 0.717) is 12.0 Å². The second kappa shape index (κ2) is 3.75. The lowest BCUT2D eigenvalue weighted by molar-refractivity contribution is -0.0764. The maximum atomic E-state index is 6.01. The summed E-state index contributed by atoms with van der Waals surface area (Å²) in [6.45, 7) is 7.35. The highest BCUT2D eigenvalue weighted by Gasteiger charge is 2.31. The first kappa shape index (κ1) is 10.0. The Labute approximate surface area is 75.5 Å². The van der Waals surface area contributed by atoms with Gasteiger partial charge in [0.15, 0.2) is 0 Å². The standard InChI is InChI=1S/C10H21NO/c1-4-9(11)8-5-6-12-10(2,3)7-8/h8-9H,4-7,11H2,1-3H3. The molecule has 72 valence electrons. The van der Waals surface area contributed by atoms with Gasteiger partial charge in [-0.05, 0) is 39.0 Å². The minimum absolute atomic E-state index is 0.0513. The summed E-state index contributed by atoms with van der Waals surface area (Å²) in [4.78, 5) is 0. The molecule has 1 saturated heterocycles. The molecule has 12 heavy (non-hydrogen) atoms. The van der Waals surface area contributed by atoms with Crippen molar-refractivity contribution in [2.24, 2.45) is 11.7 Å². The molecule has 1 fully saturated rings. The van der Waals surface area contributed by atoms with Crippen molar-refractivity contribution in [3.63, 3.8) is 0 Å². The molecule has 2 atom stereocenters. The Morgan fingerprint density at radius 2 is 2.25 bits per heavy atom. The lowest BCUT2D eigenvalue weighted by atomic mass is 9.83. The average Bonchev–Trinajstić information content (AvgIpc) is 2.01. The fourth-order valence-electron chi connectivity index (χ4n) is 1.98. The normalized spacial score (nSPS) is 31.5. The number of nitrogens with two attached hydrogens (primary N) is 1. The van der Waals surface area contributed by atoms with Gasteiger partial charge in [-0.15, -0.1) is 0 Å². The summed E-state index contributed by atoms with van der Waals surface area (Å²) in [5, 5.41) is 0. The lowest BCUT2D eigenvalue weighted by Gasteiger charge is -2.37. The van der Waals surface area contributed by atoms with Crippen LogP contribution in [0, 0.1) is 5.92 Å². The van der Waals surface area contributed by atoms with Crippen molar-refractivity contribution in [2.45, 2.75) is 51.7 Å². The molecule has 1 rings (SSSR count). The van der Waals surface area contributed by atoms with Crippen LogP contribution in [0.1, 0.15) is 40.0 Å². The monoisotopic (exact) mass is 171 g/mol. The topological polar surface area (TPSA) is 35.2 Å². The summed E-state index contributed by atoms with van der Waals surface area (Å²) < 4.78 is 5.63. The van der Waals surface area contributed by atoms with Gasteiger partial charge in [-0.2, -0.15) is 0 Å². The Morgan fingerprint density at radius 1 is 1.58 bits per heavy atom. The van der Waals surface area contributed by atoms with E-state index in [-0.39, 0.29) is 5.60 Å². The molecule has 2 nitrogen and oxygen atoms in total. The molecule has 0 aromatic rings. The summed E-state index contributed by atoms with van der Waals surface area (Å²) in [7, 11) is 0. The zero-order valence-electron chi connectivity index (χ0n) is 8.47. The minimum Gasteiger partial charge on any atom is -0.376 e. The van der Waals surface area contributed by atoms with Gasteiger partial charge in [0.05, 0.1) is 5.60 Å². The summed E-state index contributed by atoms with van der Waals surface area (Å²) >= 11 is 0. The molecule has 0 radical (unpaired) electrons. The molecule has 2 N–H and O–H groups in total. The smallest absolute Gasteiger partial charge is 0.0629 e. The highest BCUT2D eigenvalue weighted by molar-refractivity contribution is 4.83. The molecular formula is C10H21NO. The molecule has 0 saturated carbocycles. The van der Waals surface area contributed by atoms with Crippen molar-refractivity contribution in [1.29, 1.82) is 0 Å². The molecule has 1 heterocycles. The molecule has 0 aromatic heterocycles. The van der Waals surface area contributed by atoms with Gasteiger partial charge in [0, 0.05) is 12.6 Å². The highest BCUT2D eigenvalue weighted by Crippen LogP contribution is 2.30. The van der Waals surface area contributed by atoms with Gasteiger partial charge in [0.25, 0.3) is 0 Å². The van der Waals surface area contributed by atoms with E-state index in [1.807, 2.05) is 0 Å². The van der Waals surface area contributed by atoms with Crippen LogP contribution in [0.15, 0.2) is 0 Å². The highest BCUT2D eigenvalue weighted by atomic mass is 16.5. The second-order valence-corrected chi connectivity index (χ2v) is 4.43. The Morgan fingerprint density at radius 3 is 2.75 bits per heavy atom. The van der Waals surface area contributed by atoms with Crippen LogP contribution in [0.3, 0.4) is 0 Å². The van der Waals surface area contributed by atoms with Crippen LogP contribution in [-0.4, -0.2) is 18.2 Å². The van der Waals surface area contributed by atoms with Gasteiger partial charge in [-0.3, -0.25) is 0 Å². The first-order valence-corrected chi connectivity index (χ1v) is 4.94. The van der Waals surface area contributed by atoms with Gasteiger partial charge < -0.3 is 10.5 Å². The largest absolute Gasteiger partial charge is 0.376 e. The maximum absolute atomic E-state index is 6.01. The average molecular weight is 171 g/mol. The van der Waals surface area contributed by atoms with E-state index < -0.39 is 0 Å². The van der Waals surface area contributed by atoms with Gasteiger partial charge in [-0.25, -0.2) is 0 Å². The molecule has 0 bridgehead atoms. The summed E-state index contributed by atoms with van der Waals surface area (Å²) in [6, 6.07) is 0.369. The number of ether oxygens (including phenoxy) is 1. The lowest BCUT2D eigenvalue weighted by Crippen LogP contribution is -2.41. The van der Waals surface area contributed by atoms with Gasteiger partial charge in [-0.1, -0.05) is 6.92 Å². The van der Waals surface area contributed by atoms with Gasteiger partial charge in [0.1, 0.15) is 0 Å². The van der Waals surface area contributed by atoms with Crippen LogP contribution in [0.5, 0.6) is 0 Å². The zero-order chi connectivity index (χ0) is 9.19. The predicted molar refractivity (Wildman–Crippen MR) is 51.0 cm³/mol. The van der Waals surface area contributed by atoms with E-state index in [4.69, 9.17) is 10.5 Å². The van der Waals surface area contributed by atoms with Crippen molar-refractivity contribution in [1.82, 2.24) is 0 Å². The fourth-order valence-corrected chi connectivity index (χ4v) is 1.98. The summed E-state index contributed by atoms with van der Waals surface area (Å²) in [5.74, 6) is 0.666. The Hall–Kier alpha value is -0.0800. The van der Waals surface area contributed by atoms with E-state index in [0.717, 1.165) is 25.9 Å². The van der Waals surface area contributed by atoms with Gasteiger partial charge >= 0.3 is 0 Å². The Bertz CT molecular complexity index is 145. The number of hydrogen-bond acceptors (Lipinski definition) is 2. The molecule has 1 aliphatic heterocycles. The van der Waals surface area contributed by atoms with Crippen LogP contribution in [0.25, 0.3) is 0 Å². The SMILES string of the molecule is CCC(N)C1CCOC(C)(C)C1. The van der Waals surface area contributed by atoms with Crippen molar-refractivity contribution < 1.29 is 4.74 Å². The zero-order valence-corrected chi connectivity index (χ0v) is 8.47. The third-order valence-corrected chi connectivity index (χ3v) is 2.81. The summed E-state index contributed by atoms with van der Waals surface area (Å²) in [6.07, 6.45) is 3.33. The first-order valence-electron chi connectivity index (χ1n) is 4.94. The van der Waals surface area contributed by atoms with Crippen molar-refractivity contribution >= 4 is 0 Å². The number of hydrogen-bond donors (Lipinski definition) is 1. The van der Waals surface area contributed by atoms with Crippen LogP contribution in [0.2, 0.25) is 0 Å². The quantitative estimate of drug-likeness (QED) is 0.689. The third-order valence-electron chi connectivity index (χ3n) is 2.81. The Balaban J connectivity index is 2.46. The molecular weight excluding hydrogens is 150 g/mol. The fraction of sp³-hybridized carbons (Fsp3) is 1.00. The van der Waals surface area contributed by atoms with Crippen molar-refractivity contribution in [3.8, 4) is 0 Å². The number of rotatable bonds is 2. The van der Waals surface area contributed by atoms with Crippen LogP contribution < -0.4 is 5.73 Å². The molecule has 0 aliphatic carbocycles. The minimum atomic E-state index is 0.0513. The third kappa shape index (κ3) is 2.46. The molecule has 0 aromatic carbocycles. The van der Waals surface area contributed by atoms with E-state index in [1.54, 1.807) is 0 Å². The van der Waals surface area contributed by atoms with Crippen molar-refractivity contribution in [3.05, 3.63) is 0 Å². The summed E-state index contributed by atoms with van der Waals surface area (Å²) in [5.41, 5.74) is 6.06. The molecule has 0 amide bonds.